The van der Waals surface area contributed by atoms with Crippen LogP contribution in [0.3, 0.4) is 0 Å². The van der Waals surface area contributed by atoms with Gasteiger partial charge in [0.25, 0.3) is 5.91 Å². The van der Waals surface area contributed by atoms with Crippen molar-refractivity contribution in [1.29, 1.82) is 0 Å². The van der Waals surface area contributed by atoms with E-state index < -0.39 is 0 Å². The molecule has 1 aromatic rings. The normalized spacial score (nSPS) is 15.3. The zero-order chi connectivity index (χ0) is 15.6. The molecule has 0 spiro atoms. The summed E-state index contributed by atoms with van der Waals surface area (Å²) in [5.41, 5.74) is 2.27. The van der Waals surface area contributed by atoms with E-state index >= 15 is 0 Å². The van der Waals surface area contributed by atoms with Gasteiger partial charge in [-0.05, 0) is 49.7 Å². The highest BCUT2D eigenvalue weighted by molar-refractivity contribution is 5.97. The van der Waals surface area contributed by atoms with E-state index in [1.807, 2.05) is 19.9 Å². The summed E-state index contributed by atoms with van der Waals surface area (Å²) in [7, 11) is 3.46. The largest absolute Gasteiger partial charge is 0.345 e. The molecule has 1 fully saturated rings. The van der Waals surface area contributed by atoms with Gasteiger partial charge in [0.1, 0.15) is 0 Å². The highest BCUT2D eigenvalue weighted by atomic mass is 35.5. The van der Waals surface area contributed by atoms with Crippen LogP contribution in [0.25, 0.3) is 0 Å². The van der Waals surface area contributed by atoms with Crippen LogP contribution in [0, 0.1) is 18.8 Å². The van der Waals surface area contributed by atoms with E-state index in [1.54, 1.807) is 31.1 Å². The van der Waals surface area contributed by atoms with Crippen LogP contribution >= 0.6 is 12.4 Å². The van der Waals surface area contributed by atoms with Crippen LogP contribution in [0.4, 0.5) is 5.69 Å². The van der Waals surface area contributed by atoms with Gasteiger partial charge >= 0.3 is 0 Å². The molecule has 1 atom stereocenters. The second kappa shape index (κ2) is 7.61. The molecule has 2 rings (SSSR count). The monoisotopic (exact) mass is 325 g/mol. The first kappa shape index (κ1) is 18.5. The third-order valence-corrected chi connectivity index (χ3v) is 4.06. The Morgan fingerprint density at radius 1 is 1.32 bits per heavy atom. The number of amides is 2. The van der Waals surface area contributed by atoms with Gasteiger partial charge in [-0.1, -0.05) is 6.92 Å². The first-order chi connectivity index (χ1) is 9.90. The Balaban J connectivity index is 0.00000242. The molecule has 0 aliphatic carbocycles. The third-order valence-electron chi connectivity index (χ3n) is 4.06. The fraction of sp³-hybridized carbons (Fsp3) is 0.500. The minimum Gasteiger partial charge on any atom is -0.345 e. The molecule has 1 saturated heterocycles. The van der Waals surface area contributed by atoms with E-state index in [9.17, 15) is 9.59 Å². The van der Waals surface area contributed by atoms with Gasteiger partial charge in [-0.2, -0.15) is 0 Å². The molecule has 0 saturated carbocycles. The molecule has 1 aromatic carbocycles. The Kier molecular flexibility index (Phi) is 6.38. The van der Waals surface area contributed by atoms with Gasteiger partial charge in [-0.25, -0.2) is 0 Å². The second-order valence-corrected chi connectivity index (χ2v) is 5.93. The first-order valence-corrected chi connectivity index (χ1v) is 7.24. The molecular formula is C16H24ClN3O2. The third kappa shape index (κ3) is 3.99. The van der Waals surface area contributed by atoms with Crippen molar-refractivity contribution in [2.24, 2.45) is 11.8 Å². The van der Waals surface area contributed by atoms with Gasteiger partial charge in [0.15, 0.2) is 0 Å². The maximum Gasteiger partial charge on any atom is 0.253 e. The van der Waals surface area contributed by atoms with Gasteiger partial charge in [0.2, 0.25) is 5.91 Å². The van der Waals surface area contributed by atoms with Crippen LogP contribution in [0.2, 0.25) is 0 Å². The number of aryl methyl sites for hydroxylation is 1. The van der Waals surface area contributed by atoms with Crippen molar-refractivity contribution in [3.8, 4) is 0 Å². The number of anilines is 1. The minimum atomic E-state index is -0.0284. The van der Waals surface area contributed by atoms with Gasteiger partial charge < -0.3 is 15.5 Å². The van der Waals surface area contributed by atoms with Crippen molar-refractivity contribution in [1.82, 2.24) is 10.2 Å². The van der Waals surface area contributed by atoms with Crippen LogP contribution in [-0.4, -0.2) is 43.9 Å². The molecule has 1 aliphatic rings. The summed E-state index contributed by atoms with van der Waals surface area (Å²) < 4.78 is 0. The highest BCUT2D eigenvalue weighted by Gasteiger charge is 2.28. The second-order valence-electron chi connectivity index (χ2n) is 5.93. The summed E-state index contributed by atoms with van der Waals surface area (Å²) in [6.45, 7) is 5.65. The lowest BCUT2D eigenvalue weighted by Crippen LogP contribution is -2.48. The zero-order valence-electron chi connectivity index (χ0n) is 13.5. The van der Waals surface area contributed by atoms with E-state index in [0.717, 1.165) is 24.3 Å². The molecule has 0 aromatic heterocycles. The Hall–Kier alpha value is -1.59. The van der Waals surface area contributed by atoms with Crippen LogP contribution in [0.5, 0.6) is 0 Å². The Bertz CT molecular complexity index is 556. The topological polar surface area (TPSA) is 61.4 Å². The molecular weight excluding hydrogens is 302 g/mol. The quantitative estimate of drug-likeness (QED) is 0.889. The number of carbonyl (C=O) groups is 2. The van der Waals surface area contributed by atoms with E-state index in [4.69, 9.17) is 0 Å². The lowest BCUT2D eigenvalue weighted by atomic mass is 9.88. The smallest absolute Gasteiger partial charge is 0.253 e. The number of carbonyl (C=O) groups excluding carboxylic acids is 2. The Labute approximate surface area is 137 Å². The molecule has 122 valence electrons. The molecule has 0 radical (unpaired) electrons. The van der Waals surface area contributed by atoms with Crippen molar-refractivity contribution in [3.05, 3.63) is 29.3 Å². The predicted octanol–water partition coefficient (Wildman–Crippen LogP) is 1.91. The molecule has 2 N–H and O–H groups in total. The summed E-state index contributed by atoms with van der Waals surface area (Å²) in [5.74, 6) is 0.419. The molecule has 1 heterocycles. The van der Waals surface area contributed by atoms with E-state index in [1.165, 1.54) is 0 Å². The molecule has 0 bridgehead atoms. The number of hydrogen-bond acceptors (Lipinski definition) is 3. The molecule has 5 nitrogen and oxygen atoms in total. The van der Waals surface area contributed by atoms with Crippen molar-refractivity contribution in [2.75, 3.05) is 32.5 Å². The summed E-state index contributed by atoms with van der Waals surface area (Å²) in [6, 6.07) is 5.40. The van der Waals surface area contributed by atoms with Crippen molar-refractivity contribution < 1.29 is 9.59 Å². The predicted molar refractivity (Wildman–Crippen MR) is 90.6 cm³/mol. The average molecular weight is 326 g/mol. The maximum absolute atomic E-state index is 12.2. The first-order valence-electron chi connectivity index (χ1n) is 7.24. The number of nitrogens with zero attached hydrogens (tertiary/aromatic N) is 1. The minimum absolute atomic E-state index is 0. The summed E-state index contributed by atoms with van der Waals surface area (Å²) in [5, 5.41) is 6.11. The summed E-state index contributed by atoms with van der Waals surface area (Å²) in [4.78, 5) is 25.7. The van der Waals surface area contributed by atoms with Gasteiger partial charge in [-0.3, -0.25) is 9.59 Å². The van der Waals surface area contributed by atoms with E-state index in [2.05, 4.69) is 10.6 Å². The number of benzene rings is 1. The Morgan fingerprint density at radius 2 is 1.95 bits per heavy atom. The van der Waals surface area contributed by atoms with E-state index in [0.29, 0.717) is 11.5 Å². The molecule has 6 heteroatoms. The summed E-state index contributed by atoms with van der Waals surface area (Å²) >= 11 is 0. The van der Waals surface area contributed by atoms with Crippen LogP contribution in [0.15, 0.2) is 18.2 Å². The molecule has 22 heavy (non-hydrogen) atoms. The number of nitrogens with one attached hydrogen (secondary N) is 2. The van der Waals surface area contributed by atoms with Gasteiger partial charge in [0, 0.05) is 31.3 Å². The molecule has 1 aliphatic heterocycles. The van der Waals surface area contributed by atoms with Crippen LogP contribution in [0.1, 0.15) is 22.8 Å². The molecule has 2 amide bonds. The average Bonchev–Trinajstić information content (AvgIpc) is 2.35. The van der Waals surface area contributed by atoms with Crippen molar-refractivity contribution in [2.45, 2.75) is 13.8 Å². The maximum atomic E-state index is 12.2. The fourth-order valence-corrected chi connectivity index (χ4v) is 2.36. The summed E-state index contributed by atoms with van der Waals surface area (Å²) in [6.07, 6.45) is 0. The van der Waals surface area contributed by atoms with Crippen LogP contribution in [-0.2, 0) is 4.79 Å². The SMILES string of the molecule is Cc1cc(NC(=O)C(C)C2CNC2)ccc1C(=O)N(C)C.Cl. The number of hydrogen-bond donors (Lipinski definition) is 2. The Morgan fingerprint density at radius 3 is 2.41 bits per heavy atom. The van der Waals surface area contributed by atoms with Gasteiger partial charge in [0.05, 0.1) is 0 Å². The van der Waals surface area contributed by atoms with E-state index in [-0.39, 0.29) is 30.1 Å². The standard InChI is InChI=1S/C16H23N3O2.ClH/c1-10-7-13(5-6-14(10)16(21)19(3)4)18-15(20)11(2)12-8-17-9-12;/h5-7,11-12,17H,8-9H2,1-4H3,(H,18,20);1H. The number of halogens is 1. The molecule has 1 unspecified atom stereocenters. The number of rotatable bonds is 4. The van der Waals surface area contributed by atoms with Gasteiger partial charge in [-0.15, -0.1) is 12.4 Å². The lowest BCUT2D eigenvalue weighted by molar-refractivity contribution is -0.121. The van der Waals surface area contributed by atoms with Crippen molar-refractivity contribution in [3.63, 3.8) is 0 Å². The van der Waals surface area contributed by atoms with Crippen LogP contribution < -0.4 is 10.6 Å². The zero-order valence-corrected chi connectivity index (χ0v) is 14.3. The lowest BCUT2D eigenvalue weighted by Gasteiger charge is -2.31. The highest BCUT2D eigenvalue weighted by Crippen LogP contribution is 2.20. The fourth-order valence-electron chi connectivity index (χ4n) is 2.36. The van der Waals surface area contributed by atoms with Crippen molar-refractivity contribution >= 4 is 29.9 Å².